The fraction of sp³-hybridized carbons (Fsp3) is 0. The summed E-state index contributed by atoms with van der Waals surface area (Å²) >= 11 is 1.55. The van der Waals surface area contributed by atoms with Crippen LogP contribution in [0.4, 0.5) is 5.82 Å². The first-order valence-electron chi connectivity index (χ1n) is 8.39. The average Bonchev–Trinajstić information content (AvgIpc) is 3.18. The third kappa shape index (κ3) is 4.24. The molecule has 2 aromatic carbocycles. The van der Waals surface area contributed by atoms with Crippen molar-refractivity contribution in [3.05, 3.63) is 96.8 Å². The average molecular weight is 372 g/mol. The molecule has 0 aliphatic carbocycles. The molecular formula is C21H16N4OS. The molecule has 2 heterocycles. The second kappa shape index (κ2) is 7.88. The number of rotatable bonds is 5. The van der Waals surface area contributed by atoms with Crippen LogP contribution in [0.5, 0.6) is 0 Å². The number of hydrogen-bond donors (Lipinski definition) is 1. The number of carbonyl (C=O) groups is 1. The molecule has 27 heavy (non-hydrogen) atoms. The fourth-order valence-corrected chi connectivity index (χ4v) is 3.28. The minimum Gasteiger partial charge on any atom is -0.305 e. The van der Waals surface area contributed by atoms with E-state index in [2.05, 4.69) is 15.4 Å². The third-order valence-corrected chi connectivity index (χ3v) is 4.79. The third-order valence-electron chi connectivity index (χ3n) is 3.83. The summed E-state index contributed by atoms with van der Waals surface area (Å²) in [5.74, 6) is 0.318. The fourth-order valence-electron chi connectivity index (χ4n) is 2.51. The Labute approximate surface area is 161 Å². The number of hydrogen-bond acceptors (Lipinski definition) is 4. The lowest BCUT2D eigenvalue weighted by molar-refractivity contribution is 0.102. The lowest BCUT2D eigenvalue weighted by Gasteiger charge is -2.04. The number of pyridine rings is 1. The highest BCUT2D eigenvalue weighted by Gasteiger charge is 2.09. The van der Waals surface area contributed by atoms with Gasteiger partial charge in [-0.3, -0.25) is 4.79 Å². The predicted molar refractivity (Wildman–Crippen MR) is 106 cm³/mol. The SMILES string of the molecule is O=C(Nc1ccn(-c2ccccc2)n1)c1ccc(Sc2ccccn2)cc1. The summed E-state index contributed by atoms with van der Waals surface area (Å²) in [6.07, 6.45) is 3.58. The van der Waals surface area contributed by atoms with Gasteiger partial charge in [0, 0.05) is 28.9 Å². The number of amides is 1. The van der Waals surface area contributed by atoms with Crippen LogP contribution in [0.15, 0.2) is 101 Å². The van der Waals surface area contributed by atoms with Crippen LogP contribution in [0.25, 0.3) is 5.69 Å². The number of para-hydroxylation sites is 1. The van der Waals surface area contributed by atoms with Crippen LogP contribution in [0.2, 0.25) is 0 Å². The summed E-state index contributed by atoms with van der Waals surface area (Å²) < 4.78 is 1.72. The van der Waals surface area contributed by atoms with Gasteiger partial charge < -0.3 is 5.32 Å². The molecule has 4 aromatic rings. The van der Waals surface area contributed by atoms with E-state index in [0.29, 0.717) is 11.4 Å². The molecule has 0 fully saturated rings. The predicted octanol–water partition coefficient (Wildman–Crippen LogP) is 4.67. The van der Waals surface area contributed by atoms with Crippen molar-refractivity contribution in [1.29, 1.82) is 0 Å². The van der Waals surface area contributed by atoms with Gasteiger partial charge in [-0.2, -0.15) is 5.10 Å². The van der Waals surface area contributed by atoms with E-state index in [1.54, 1.807) is 40.8 Å². The molecule has 6 heteroatoms. The normalized spacial score (nSPS) is 10.5. The molecule has 0 saturated heterocycles. The van der Waals surface area contributed by atoms with Crippen molar-refractivity contribution in [2.75, 3.05) is 5.32 Å². The van der Waals surface area contributed by atoms with E-state index in [1.165, 1.54) is 0 Å². The van der Waals surface area contributed by atoms with E-state index in [0.717, 1.165) is 15.6 Å². The maximum Gasteiger partial charge on any atom is 0.256 e. The van der Waals surface area contributed by atoms with Gasteiger partial charge in [-0.1, -0.05) is 36.0 Å². The van der Waals surface area contributed by atoms with Crippen molar-refractivity contribution >= 4 is 23.5 Å². The van der Waals surface area contributed by atoms with Gasteiger partial charge in [-0.15, -0.1) is 0 Å². The van der Waals surface area contributed by atoms with Gasteiger partial charge >= 0.3 is 0 Å². The monoisotopic (exact) mass is 372 g/mol. The van der Waals surface area contributed by atoms with Gasteiger partial charge in [0.25, 0.3) is 5.91 Å². The van der Waals surface area contributed by atoms with Crippen LogP contribution < -0.4 is 5.32 Å². The van der Waals surface area contributed by atoms with Crippen LogP contribution in [0.1, 0.15) is 10.4 Å². The van der Waals surface area contributed by atoms with Crippen LogP contribution >= 0.6 is 11.8 Å². The Balaban J connectivity index is 1.42. The minimum absolute atomic E-state index is 0.192. The minimum atomic E-state index is -0.192. The van der Waals surface area contributed by atoms with E-state index in [9.17, 15) is 4.79 Å². The maximum absolute atomic E-state index is 12.4. The Bertz CT molecular complexity index is 1030. The van der Waals surface area contributed by atoms with Crippen molar-refractivity contribution < 1.29 is 4.79 Å². The molecule has 0 unspecified atom stereocenters. The Morgan fingerprint density at radius 2 is 1.67 bits per heavy atom. The summed E-state index contributed by atoms with van der Waals surface area (Å²) in [5.41, 5.74) is 1.52. The topological polar surface area (TPSA) is 59.8 Å². The van der Waals surface area contributed by atoms with Crippen molar-refractivity contribution in [3.63, 3.8) is 0 Å². The lowest BCUT2D eigenvalue weighted by Crippen LogP contribution is -2.12. The molecule has 0 bridgehead atoms. The lowest BCUT2D eigenvalue weighted by atomic mass is 10.2. The molecule has 0 aliphatic rings. The molecule has 1 N–H and O–H groups in total. The Morgan fingerprint density at radius 1 is 0.889 bits per heavy atom. The van der Waals surface area contributed by atoms with Crippen LogP contribution in [0.3, 0.4) is 0 Å². The maximum atomic E-state index is 12.4. The number of nitrogens with one attached hydrogen (secondary N) is 1. The number of anilines is 1. The zero-order valence-corrected chi connectivity index (χ0v) is 15.1. The zero-order valence-electron chi connectivity index (χ0n) is 14.3. The van der Waals surface area contributed by atoms with Crippen LogP contribution in [0, 0.1) is 0 Å². The molecule has 0 spiro atoms. The number of nitrogens with zero attached hydrogens (tertiary/aromatic N) is 3. The van der Waals surface area contributed by atoms with Crippen molar-refractivity contribution in [2.24, 2.45) is 0 Å². The molecule has 132 valence electrons. The smallest absolute Gasteiger partial charge is 0.256 e. The molecule has 2 aromatic heterocycles. The molecule has 1 amide bonds. The van der Waals surface area contributed by atoms with Crippen molar-refractivity contribution in [1.82, 2.24) is 14.8 Å². The Kier molecular flexibility index (Phi) is 4.98. The van der Waals surface area contributed by atoms with Crippen molar-refractivity contribution in [2.45, 2.75) is 9.92 Å². The Morgan fingerprint density at radius 3 is 2.41 bits per heavy atom. The first-order valence-corrected chi connectivity index (χ1v) is 9.21. The number of aromatic nitrogens is 3. The highest BCUT2D eigenvalue weighted by Crippen LogP contribution is 2.25. The van der Waals surface area contributed by atoms with Crippen LogP contribution in [-0.2, 0) is 0 Å². The van der Waals surface area contributed by atoms with Gasteiger partial charge in [0.1, 0.15) is 5.03 Å². The molecule has 0 atom stereocenters. The van der Waals surface area contributed by atoms with Gasteiger partial charge in [0.2, 0.25) is 0 Å². The summed E-state index contributed by atoms with van der Waals surface area (Å²) in [5, 5.41) is 8.14. The summed E-state index contributed by atoms with van der Waals surface area (Å²) in [4.78, 5) is 17.8. The quantitative estimate of drug-likeness (QED) is 0.553. The van der Waals surface area contributed by atoms with Gasteiger partial charge in [-0.25, -0.2) is 9.67 Å². The van der Waals surface area contributed by atoms with E-state index in [1.807, 2.05) is 66.9 Å². The Hall–Kier alpha value is -3.38. The highest BCUT2D eigenvalue weighted by atomic mass is 32.2. The van der Waals surface area contributed by atoms with Gasteiger partial charge in [-0.05, 0) is 48.5 Å². The zero-order chi connectivity index (χ0) is 18.5. The van der Waals surface area contributed by atoms with Gasteiger partial charge in [0.05, 0.1) is 5.69 Å². The molecule has 0 radical (unpaired) electrons. The molecule has 0 saturated carbocycles. The second-order valence-electron chi connectivity index (χ2n) is 5.73. The summed E-state index contributed by atoms with van der Waals surface area (Å²) in [7, 11) is 0. The van der Waals surface area contributed by atoms with E-state index < -0.39 is 0 Å². The highest BCUT2D eigenvalue weighted by molar-refractivity contribution is 7.99. The standard InChI is InChI=1S/C21H16N4OS/c26-21(23-19-13-15-25(24-19)17-6-2-1-3-7-17)16-9-11-18(12-10-16)27-20-8-4-5-14-22-20/h1-15H,(H,23,24,26). The first-order chi connectivity index (χ1) is 13.3. The molecule has 5 nitrogen and oxygen atoms in total. The van der Waals surface area contributed by atoms with Crippen molar-refractivity contribution in [3.8, 4) is 5.69 Å². The molecular weight excluding hydrogens is 356 g/mol. The first kappa shape index (κ1) is 17.1. The van der Waals surface area contributed by atoms with E-state index in [-0.39, 0.29) is 5.91 Å². The van der Waals surface area contributed by atoms with Crippen LogP contribution in [-0.4, -0.2) is 20.7 Å². The summed E-state index contributed by atoms with van der Waals surface area (Å²) in [6.45, 7) is 0. The summed E-state index contributed by atoms with van der Waals surface area (Å²) in [6, 6.07) is 24.7. The second-order valence-corrected chi connectivity index (χ2v) is 6.82. The van der Waals surface area contributed by atoms with E-state index >= 15 is 0 Å². The largest absolute Gasteiger partial charge is 0.305 e. The van der Waals surface area contributed by atoms with Gasteiger partial charge in [0.15, 0.2) is 5.82 Å². The molecule has 4 rings (SSSR count). The number of benzene rings is 2. The van der Waals surface area contributed by atoms with E-state index in [4.69, 9.17) is 0 Å². The number of carbonyl (C=O) groups excluding carboxylic acids is 1. The molecule has 0 aliphatic heterocycles.